The Morgan fingerprint density at radius 1 is 1.22 bits per heavy atom. The lowest BCUT2D eigenvalue weighted by molar-refractivity contribution is -0.203. The third-order valence-electron chi connectivity index (χ3n) is 3.32. The molecule has 23 heavy (non-hydrogen) atoms. The SMILES string of the molecule is CC(=O)N[C@@H]1[C@@H](O)[C@H](O)[C@@H](CO)O[C@@H]1NC(=O)C[C@H](N)C(=O)O. The summed E-state index contributed by atoms with van der Waals surface area (Å²) in [6, 6.07) is -2.61. The molecule has 0 bridgehead atoms. The number of carbonyl (C=O) groups is 3. The largest absolute Gasteiger partial charge is 0.480 e. The third kappa shape index (κ3) is 5.11. The number of hydrogen-bond acceptors (Lipinski definition) is 8. The van der Waals surface area contributed by atoms with Crippen molar-refractivity contribution in [2.75, 3.05) is 6.61 Å². The second-order valence-corrected chi connectivity index (χ2v) is 5.20. The summed E-state index contributed by atoms with van der Waals surface area (Å²) in [5.74, 6) is -2.71. The van der Waals surface area contributed by atoms with Gasteiger partial charge >= 0.3 is 5.97 Å². The van der Waals surface area contributed by atoms with Crippen molar-refractivity contribution in [3.05, 3.63) is 0 Å². The topological polar surface area (TPSA) is 191 Å². The Labute approximate surface area is 131 Å². The number of carboxylic acid groups (broad SMARTS) is 1. The van der Waals surface area contributed by atoms with Gasteiger partial charge in [-0.2, -0.15) is 0 Å². The molecule has 0 aromatic rings. The van der Waals surface area contributed by atoms with Gasteiger partial charge in [-0.25, -0.2) is 0 Å². The summed E-state index contributed by atoms with van der Waals surface area (Å²) in [5.41, 5.74) is 5.24. The van der Waals surface area contributed by atoms with Crippen LogP contribution in [0.4, 0.5) is 0 Å². The van der Waals surface area contributed by atoms with E-state index in [2.05, 4.69) is 10.6 Å². The number of ether oxygens (including phenoxy) is 1. The summed E-state index contributed by atoms with van der Waals surface area (Å²) in [5, 5.41) is 42.2. The van der Waals surface area contributed by atoms with E-state index in [9.17, 15) is 24.6 Å². The van der Waals surface area contributed by atoms with Crippen molar-refractivity contribution in [2.45, 2.75) is 50.0 Å². The molecule has 1 aliphatic rings. The molecule has 1 heterocycles. The molecule has 0 saturated carbocycles. The standard InChI is InChI=1S/C12H21N3O8/c1-4(17)14-8-10(20)9(19)6(3-16)23-11(8)15-7(18)2-5(13)12(21)22/h5-6,8-11,16,19-20H,2-3,13H2,1H3,(H,14,17)(H,15,18)(H,21,22)/t5-,6+,8+,9+,10+,11-/m0/s1. The van der Waals surface area contributed by atoms with Gasteiger partial charge in [-0.05, 0) is 0 Å². The fourth-order valence-corrected chi connectivity index (χ4v) is 2.14. The van der Waals surface area contributed by atoms with E-state index in [1.54, 1.807) is 0 Å². The Morgan fingerprint density at radius 2 is 1.83 bits per heavy atom. The van der Waals surface area contributed by atoms with Crippen LogP contribution < -0.4 is 16.4 Å². The maximum absolute atomic E-state index is 11.8. The Balaban J connectivity index is 2.82. The van der Waals surface area contributed by atoms with E-state index in [1.165, 1.54) is 0 Å². The van der Waals surface area contributed by atoms with Gasteiger partial charge in [0.2, 0.25) is 11.8 Å². The molecule has 132 valence electrons. The minimum atomic E-state index is -1.51. The number of aliphatic hydroxyl groups excluding tert-OH is 3. The van der Waals surface area contributed by atoms with Crippen LogP contribution in [0.3, 0.4) is 0 Å². The summed E-state index contributed by atoms with van der Waals surface area (Å²) in [7, 11) is 0. The lowest BCUT2D eigenvalue weighted by Crippen LogP contribution is -2.68. The van der Waals surface area contributed by atoms with Gasteiger partial charge < -0.3 is 41.5 Å². The Hall–Kier alpha value is -1.79. The third-order valence-corrected chi connectivity index (χ3v) is 3.32. The number of aliphatic carboxylic acids is 1. The van der Waals surface area contributed by atoms with Crippen LogP contribution in [0, 0.1) is 0 Å². The van der Waals surface area contributed by atoms with E-state index >= 15 is 0 Å². The van der Waals surface area contributed by atoms with E-state index < -0.39 is 67.4 Å². The number of rotatable bonds is 6. The zero-order chi connectivity index (χ0) is 17.7. The van der Waals surface area contributed by atoms with E-state index in [-0.39, 0.29) is 0 Å². The van der Waals surface area contributed by atoms with Crippen molar-refractivity contribution < 1.29 is 39.5 Å². The minimum Gasteiger partial charge on any atom is -0.480 e. The van der Waals surface area contributed by atoms with Gasteiger partial charge in [0.15, 0.2) is 6.23 Å². The van der Waals surface area contributed by atoms with Gasteiger partial charge in [0.05, 0.1) is 13.0 Å². The Kier molecular flexibility index (Phi) is 6.84. The number of carbonyl (C=O) groups excluding carboxylic acids is 2. The highest BCUT2D eigenvalue weighted by Gasteiger charge is 2.45. The van der Waals surface area contributed by atoms with E-state index in [1.807, 2.05) is 0 Å². The molecule has 0 radical (unpaired) electrons. The highest BCUT2D eigenvalue weighted by Crippen LogP contribution is 2.20. The second kappa shape index (κ2) is 8.17. The predicted molar refractivity (Wildman–Crippen MR) is 73.7 cm³/mol. The summed E-state index contributed by atoms with van der Waals surface area (Å²) in [4.78, 5) is 33.6. The predicted octanol–water partition coefficient (Wildman–Crippen LogP) is -4.15. The van der Waals surface area contributed by atoms with Crippen LogP contribution in [0.15, 0.2) is 0 Å². The van der Waals surface area contributed by atoms with Crippen molar-refractivity contribution >= 4 is 17.8 Å². The summed E-state index contributed by atoms with van der Waals surface area (Å²) >= 11 is 0. The first kappa shape index (κ1) is 19.3. The molecular formula is C12H21N3O8. The van der Waals surface area contributed by atoms with Crippen LogP contribution >= 0.6 is 0 Å². The average molecular weight is 335 g/mol. The van der Waals surface area contributed by atoms with Crippen molar-refractivity contribution in [1.82, 2.24) is 10.6 Å². The monoisotopic (exact) mass is 335 g/mol. The zero-order valence-corrected chi connectivity index (χ0v) is 12.4. The molecule has 6 atom stereocenters. The molecule has 0 unspecified atom stereocenters. The maximum Gasteiger partial charge on any atom is 0.321 e. The molecule has 1 saturated heterocycles. The lowest BCUT2D eigenvalue weighted by atomic mass is 9.95. The quantitative estimate of drug-likeness (QED) is 0.252. The van der Waals surface area contributed by atoms with Crippen molar-refractivity contribution in [1.29, 1.82) is 0 Å². The molecule has 1 rings (SSSR count). The molecule has 1 fully saturated rings. The van der Waals surface area contributed by atoms with Crippen molar-refractivity contribution in [3.63, 3.8) is 0 Å². The molecule has 11 heteroatoms. The number of amides is 2. The molecule has 11 nitrogen and oxygen atoms in total. The molecule has 0 aliphatic carbocycles. The molecule has 2 amide bonds. The first-order valence-corrected chi connectivity index (χ1v) is 6.84. The Morgan fingerprint density at radius 3 is 2.30 bits per heavy atom. The fourth-order valence-electron chi connectivity index (χ4n) is 2.14. The first-order chi connectivity index (χ1) is 10.7. The number of hydrogen-bond donors (Lipinski definition) is 7. The van der Waals surface area contributed by atoms with Crippen molar-refractivity contribution in [2.24, 2.45) is 5.73 Å². The van der Waals surface area contributed by atoms with Gasteiger partial charge in [-0.15, -0.1) is 0 Å². The minimum absolute atomic E-state index is 0.547. The van der Waals surface area contributed by atoms with Crippen LogP contribution in [0.25, 0.3) is 0 Å². The zero-order valence-electron chi connectivity index (χ0n) is 12.4. The van der Waals surface area contributed by atoms with Gasteiger partial charge in [-0.1, -0.05) is 0 Å². The van der Waals surface area contributed by atoms with Gasteiger partial charge in [-0.3, -0.25) is 14.4 Å². The lowest BCUT2D eigenvalue weighted by Gasteiger charge is -2.42. The van der Waals surface area contributed by atoms with Crippen LogP contribution in [-0.2, 0) is 19.1 Å². The average Bonchev–Trinajstić information content (AvgIpc) is 2.46. The molecule has 1 aliphatic heterocycles. The molecule has 0 aromatic heterocycles. The van der Waals surface area contributed by atoms with Gasteiger partial charge in [0, 0.05) is 6.92 Å². The van der Waals surface area contributed by atoms with Crippen LogP contribution in [0.1, 0.15) is 13.3 Å². The highest BCUT2D eigenvalue weighted by atomic mass is 16.5. The second-order valence-electron chi connectivity index (χ2n) is 5.20. The summed E-state index contributed by atoms with van der Waals surface area (Å²) in [6.07, 6.45) is -6.00. The number of nitrogens with one attached hydrogen (secondary N) is 2. The van der Waals surface area contributed by atoms with Crippen LogP contribution in [0.5, 0.6) is 0 Å². The smallest absolute Gasteiger partial charge is 0.321 e. The normalized spacial score (nSPS) is 32.0. The number of aliphatic hydroxyl groups is 3. The highest BCUT2D eigenvalue weighted by molar-refractivity contribution is 5.84. The van der Waals surface area contributed by atoms with Gasteiger partial charge in [0.25, 0.3) is 0 Å². The van der Waals surface area contributed by atoms with E-state index in [0.717, 1.165) is 6.92 Å². The Bertz CT molecular complexity index is 460. The molecule has 8 N–H and O–H groups in total. The van der Waals surface area contributed by atoms with Crippen LogP contribution in [-0.4, -0.2) is 81.4 Å². The molecular weight excluding hydrogens is 314 g/mol. The maximum atomic E-state index is 11.8. The molecule has 0 spiro atoms. The number of nitrogens with two attached hydrogens (primary N) is 1. The van der Waals surface area contributed by atoms with E-state index in [4.69, 9.17) is 20.7 Å². The van der Waals surface area contributed by atoms with Crippen LogP contribution in [0.2, 0.25) is 0 Å². The van der Waals surface area contributed by atoms with Crippen molar-refractivity contribution in [3.8, 4) is 0 Å². The first-order valence-electron chi connectivity index (χ1n) is 6.84. The fraction of sp³-hybridized carbons (Fsp3) is 0.750. The van der Waals surface area contributed by atoms with Gasteiger partial charge in [0.1, 0.15) is 30.4 Å². The summed E-state index contributed by atoms with van der Waals surface area (Å²) in [6.45, 7) is 0.530. The molecule has 0 aromatic carbocycles. The summed E-state index contributed by atoms with van der Waals surface area (Å²) < 4.78 is 5.25. The van der Waals surface area contributed by atoms with E-state index in [0.29, 0.717) is 0 Å². The number of carboxylic acids is 1.